The molecule has 0 aromatic carbocycles. The molecule has 0 N–H and O–H groups in total. The zero-order valence-electron chi connectivity index (χ0n) is 24.9. The van der Waals surface area contributed by atoms with Crippen molar-refractivity contribution in [2.24, 2.45) is 0 Å². The van der Waals surface area contributed by atoms with Crippen LogP contribution in [0.4, 0.5) is 0 Å². The van der Waals surface area contributed by atoms with Crippen LogP contribution >= 0.6 is 0 Å². The number of hydrogen-bond donors (Lipinski definition) is 0. The van der Waals surface area contributed by atoms with Gasteiger partial charge < -0.3 is 20.6 Å². The molecule has 0 radical (unpaired) electrons. The summed E-state index contributed by atoms with van der Waals surface area (Å²) in [6.07, 6.45) is 5.12. The lowest BCUT2D eigenvalue weighted by Crippen LogP contribution is -2.67. The maximum Gasteiger partial charge on any atom is 0.317 e. The van der Waals surface area contributed by atoms with Gasteiger partial charge in [-0.2, -0.15) is 26.3 Å². The van der Waals surface area contributed by atoms with Crippen molar-refractivity contribution in [3.05, 3.63) is 0 Å². The van der Waals surface area contributed by atoms with Gasteiger partial charge in [-0.3, -0.25) is 0 Å². The lowest BCUT2D eigenvalue weighted by atomic mass is 10.4. The fourth-order valence-corrected chi connectivity index (χ4v) is 34.5. The number of rotatable bonds is 15. The minimum Gasteiger partial charge on any atom is -0.416 e. The molecule has 0 amide bonds. The molecular weight excluding hydrogens is 591 g/mol. The van der Waals surface area contributed by atoms with Crippen LogP contribution in [0.2, 0.25) is 63.0 Å². The first-order valence-corrected chi connectivity index (χ1v) is 26.8. The Morgan fingerprint density at radius 2 is 0.500 bits per heavy atom. The molecule has 1 rings (SSSR count). The second-order valence-electron chi connectivity index (χ2n) is 11.2. The zero-order chi connectivity index (χ0) is 30.2. The second-order valence-corrected chi connectivity index (χ2v) is 29.2. The minimum atomic E-state index is -2.96. The smallest absolute Gasteiger partial charge is 0.317 e. The third-order valence-corrected chi connectivity index (χ3v) is 30.3. The molecule has 1 aliphatic rings. The second kappa shape index (κ2) is 17.3. The molecule has 1 saturated heterocycles. The molecule has 0 aromatic heterocycles. The van der Waals surface area contributed by atoms with Gasteiger partial charge in [-0.1, -0.05) is 0 Å². The van der Waals surface area contributed by atoms with Crippen LogP contribution in [0.15, 0.2) is 0 Å². The van der Waals surface area contributed by atoms with Gasteiger partial charge >= 0.3 is 42.8 Å². The monoisotopic (exact) mass is 635 g/mol. The highest BCUT2D eigenvalue weighted by Gasteiger charge is 2.56. The largest absolute Gasteiger partial charge is 0.416 e. The van der Waals surface area contributed by atoms with Crippen molar-refractivity contribution >= 4 is 42.8 Å². The van der Waals surface area contributed by atoms with Crippen LogP contribution in [0, 0.1) is 56.7 Å². The first-order valence-electron chi connectivity index (χ1n) is 14.2. The summed E-state index contributed by atoms with van der Waals surface area (Å²) in [6.45, 7) is 10.2. The lowest BCUT2D eigenvalue weighted by Gasteiger charge is -2.50. The molecule has 0 aromatic rings. The maximum absolute atomic E-state index is 9.24. The summed E-state index contributed by atoms with van der Waals surface area (Å²) in [4.78, 5) is 0. The molecule has 15 heteroatoms. The Bertz CT molecular complexity index is 820. The van der Waals surface area contributed by atoms with Crippen LogP contribution in [0.1, 0.15) is 64.2 Å². The van der Waals surface area contributed by atoms with Crippen molar-refractivity contribution in [2.45, 2.75) is 127 Å². The molecular formula is C25H45N5O5Si5. The summed E-state index contributed by atoms with van der Waals surface area (Å²) in [7, 11) is -14.8. The van der Waals surface area contributed by atoms with E-state index in [-0.39, 0.29) is 0 Å². The molecule has 0 unspecified atom stereocenters. The van der Waals surface area contributed by atoms with E-state index in [1.807, 2.05) is 32.7 Å². The Hall–Kier alpha value is -1.67. The predicted molar refractivity (Wildman–Crippen MR) is 162 cm³/mol. The fraction of sp³-hybridized carbons (Fsp3) is 0.800. The SMILES string of the molecule is C[Si]1(CCCC#N)O[Si](C)(CCCC#N)O[Si](C)(CCCC#N)O[Si](C)(CCCC#N)O[Si](C)(CCCC#N)O1. The van der Waals surface area contributed by atoms with Gasteiger partial charge in [0.1, 0.15) is 0 Å². The number of unbranched alkanes of at least 4 members (excludes halogenated alkanes) is 5. The molecule has 40 heavy (non-hydrogen) atoms. The van der Waals surface area contributed by atoms with Crippen molar-refractivity contribution < 1.29 is 20.6 Å². The number of nitriles is 5. The summed E-state index contributed by atoms with van der Waals surface area (Å²) < 4.78 is 35.2. The van der Waals surface area contributed by atoms with Crippen LogP contribution in [-0.4, -0.2) is 42.8 Å². The van der Waals surface area contributed by atoms with E-state index in [9.17, 15) is 26.3 Å². The summed E-state index contributed by atoms with van der Waals surface area (Å²) in [5.41, 5.74) is 0. The van der Waals surface area contributed by atoms with Crippen LogP contribution in [0.25, 0.3) is 0 Å². The number of nitrogens with zero attached hydrogens (tertiary/aromatic N) is 5. The van der Waals surface area contributed by atoms with Gasteiger partial charge in [0.05, 0.1) is 30.3 Å². The first kappa shape index (κ1) is 36.4. The van der Waals surface area contributed by atoms with E-state index in [4.69, 9.17) is 20.6 Å². The average molecular weight is 636 g/mol. The Balaban J connectivity index is 3.71. The van der Waals surface area contributed by atoms with E-state index in [1.54, 1.807) is 0 Å². The normalized spacial score (nSPS) is 32.5. The maximum atomic E-state index is 9.24. The van der Waals surface area contributed by atoms with Gasteiger partial charge in [-0.15, -0.1) is 0 Å². The number of hydrogen-bond acceptors (Lipinski definition) is 10. The topological polar surface area (TPSA) is 165 Å². The van der Waals surface area contributed by atoms with Crippen LogP contribution in [0.3, 0.4) is 0 Å². The quantitative estimate of drug-likeness (QED) is 0.135. The summed E-state index contributed by atoms with van der Waals surface area (Å²) in [5.74, 6) is 0. The molecule has 1 aliphatic heterocycles. The third kappa shape index (κ3) is 13.3. The highest BCUT2D eigenvalue weighted by molar-refractivity contribution is 6.94. The van der Waals surface area contributed by atoms with E-state index in [0.29, 0.717) is 94.4 Å². The third-order valence-electron chi connectivity index (χ3n) is 6.76. The predicted octanol–water partition coefficient (Wildman–Crippen LogP) is 6.96. The molecule has 0 spiro atoms. The van der Waals surface area contributed by atoms with E-state index in [0.717, 1.165) is 0 Å². The van der Waals surface area contributed by atoms with Gasteiger partial charge in [0.15, 0.2) is 0 Å². The van der Waals surface area contributed by atoms with Crippen molar-refractivity contribution in [1.29, 1.82) is 26.3 Å². The van der Waals surface area contributed by atoms with Gasteiger partial charge in [0, 0.05) is 32.1 Å². The van der Waals surface area contributed by atoms with Gasteiger partial charge in [-0.25, -0.2) is 0 Å². The minimum absolute atomic E-state index is 0.390. The average Bonchev–Trinajstić information content (AvgIpc) is 2.83. The van der Waals surface area contributed by atoms with Gasteiger partial charge in [0.25, 0.3) is 0 Å². The molecule has 10 nitrogen and oxygen atoms in total. The molecule has 0 saturated carbocycles. The Morgan fingerprint density at radius 1 is 0.350 bits per heavy atom. The van der Waals surface area contributed by atoms with Crippen molar-refractivity contribution in [3.8, 4) is 30.3 Å². The summed E-state index contributed by atoms with van der Waals surface area (Å²) in [6, 6.07) is 14.2. The molecule has 0 aliphatic carbocycles. The van der Waals surface area contributed by atoms with Crippen molar-refractivity contribution in [3.63, 3.8) is 0 Å². The van der Waals surface area contributed by atoms with E-state index in [1.165, 1.54) is 0 Å². The Kier molecular flexibility index (Phi) is 15.8. The van der Waals surface area contributed by atoms with Crippen molar-refractivity contribution in [1.82, 2.24) is 0 Å². The van der Waals surface area contributed by atoms with Gasteiger partial charge in [0.2, 0.25) is 0 Å². The fourth-order valence-electron chi connectivity index (χ4n) is 5.34. The van der Waals surface area contributed by atoms with Crippen LogP contribution in [0.5, 0.6) is 0 Å². The van der Waals surface area contributed by atoms with E-state index >= 15 is 0 Å². The van der Waals surface area contributed by atoms with Crippen molar-refractivity contribution in [2.75, 3.05) is 0 Å². The Morgan fingerprint density at radius 3 is 0.625 bits per heavy atom. The molecule has 1 fully saturated rings. The summed E-state index contributed by atoms with van der Waals surface area (Å²) >= 11 is 0. The molecule has 220 valence electrons. The van der Waals surface area contributed by atoms with E-state index in [2.05, 4.69) is 30.3 Å². The molecule has 1 heterocycles. The summed E-state index contributed by atoms with van der Waals surface area (Å²) in [5, 5.41) is 46.2. The standard InChI is InChI=1S/C25H45N5O5Si5/c1-36(21-11-6-16-26)31-37(2,22-12-7-17-27)33-39(4,24-14-9-19-29)35-40(5,25-15-10-20-30)34-38(3,32-36)23-13-8-18-28/h6-15,21-25H2,1-5H3. The lowest BCUT2D eigenvalue weighted by molar-refractivity contribution is 0.221. The van der Waals surface area contributed by atoms with Crippen LogP contribution in [-0.2, 0) is 20.6 Å². The zero-order valence-corrected chi connectivity index (χ0v) is 29.9. The van der Waals surface area contributed by atoms with Crippen LogP contribution < -0.4 is 0 Å². The van der Waals surface area contributed by atoms with Gasteiger partial charge in [-0.05, 0) is 95.1 Å². The van der Waals surface area contributed by atoms with E-state index < -0.39 is 42.8 Å². The highest BCUT2D eigenvalue weighted by Crippen LogP contribution is 2.39. The molecule has 0 atom stereocenters. The Labute approximate surface area is 246 Å². The first-order chi connectivity index (χ1) is 18.8. The molecule has 0 bridgehead atoms. The highest BCUT2D eigenvalue weighted by atomic mass is 28.5.